The van der Waals surface area contributed by atoms with E-state index in [2.05, 4.69) is 53.6 Å². The van der Waals surface area contributed by atoms with Crippen LogP contribution >= 0.6 is 0 Å². The average Bonchev–Trinajstić information content (AvgIpc) is 3.22. The van der Waals surface area contributed by atoms with Crippen molar-refractivity contribution in [3.05, 3.63) is 35.4 Å². The quantitative estimate of drug-likeness (QED) is 0.645. The molecule has 2 unspecified atom stereocenters. The van der Waals surface area contributed by atoms with E-state index in [1.165, 1.54) is 17.5 Å². The molecule has 1 saturated carbocycles. The molecule has 1 aliphatic carbocycles. The molecule has 1 aromatic carbocycles. The maximum atomic E-state index is 4.73. The smallest absolute Gasteiger partial charge is 0.191 e. The summed E-state index contributed by atoms with van der Waals surface area (Å²) in [6.45, 7) is 9.43. The fourth-order valence-corrected chi connectivity index (χ4v) is 3.07. The van der Waals surface area contributed by atoms with E-state index in [-0.39, 0.29) is 0 Å². The maximum Gasteiger partial charge on any atom is 0.191 e. The van der Waals surface area contributed by atoms with Gasteiger partial charge in [-0.05, 0) is 36.8 Å². The molecule has 0 aromatic heterocycles. The first-order chi connectivity index (χ1) is 10.8. The number of rotatable bonds is 5. The minimum atomic E-state index is 0.625. The molecule has 0 spiro atoms. The summed E-state index contributed by atoms with van der Waals surface area (Å²) in [5, 5.41) is 6.86. The van der Waals surface area contributed by atoms with Crippen LogP contribution in [-0.2, 0) is 13.0 Å². The Hall–Kier alpha value is -1.55. The van der Waals surface area contributed by atoms with Gasteiger partial charge in [-0.1, -0.05) is 31.2 Å². The van der Waals surface area contributed by atoms with Crippen LogP contribution in [0.2, 0.25) is 0 Å². The highest BCUT2D eigenvalue weighted by atomic mass is 15.2. The Morgan fingerprint density at radius 2 is 2.09 bits per heavy atom. The standard InChI is InChI=1S/C18H28N4/c1-3-19-18(21-17-12-14(17)2)20-9-11-22-10-8-15-6-4-5-7-16(15)13-22/h4-7,14,17H,3,8-13H2,1-2H3,(H2,19,20,21). The van der Waals surface area contributed by atoms with Crippen LogP contribution in [0.15, 0.2) is 29.3 Å². The molecule has 2 atom stereocenters. The third-order valence-electron chi connectivity index (χ3n) is 4.67. The largest absolute Gasteiger partial charge is 0.357 e. The summed E-state index contributed by atoms with van der Waals surface area (Å²) in [6.07, 6.45) is 2.44. The van der Waals surface area contributed by atoms with E-state index in [9.17, 15) is 0 Å². The molecular formula is C18H28N4. The number of aliphatic imine (C=N–C) groups is 1. The minimum absolute atomic E-state index is 0.625. The Bertz CT molecular complexity index is 526. The van der Waals surface area contributed by atoms with Gasteiger partial charge in [-0.25, -0.2) is 0 Å². The highest BCUT2D eigenvalue weighted by Gasteiger charge is 2.33. The summed E-state index contributed by atoms with van der Waals surface area (Å²) < 4.78 is 0. The van der Waals surface area contributed by atoms with Crippen molar-refractivity contribution in [1.82, 2.24) is 15.5 Å². The summed E-state index contributed by atoms with van der Waals surface area (Å²) >= 11 is 0. The number of hydrogen-bond acceptors (Lipinski definition) is 2. The van der Waals surface area contributed by atoms with Crippen LogP contribution < -0.4 is 10.6 Å². The molecule has 2 aliphatic rings. The fraction of sp³-hybridized carbons (Fsp3) is 0.611. The molecule has 1 aliphatic heterocycles. The summed E-state index contributed by atoms with van der Waals surface area (Å²) in [6, 6.07) is 9.43. The Morgan fingerprint density at radius 1 is 1.32 bits per heavy atom. The number of fused-ring (bicyclic) bond motifs is 1. The molecule has 0 amide bonds. The highest BCUT2D eigenvalue weighted by molar-refractivity contribution is 5.80. The molecule has 22 heavy (non-hydrogen) atoms. The van der Waals surface area contributed by atoms with Crippen LogP contribution in [-0.4, -0.2) is 43.1 Å². The minimum Gasteiger partial charge on any atom is -0.357 e. The molecule has 3 rings (SSSR count). The van der Waals surface area contributed by atoms with E-state index in [1.54, 1.807) is 0 Å². The summed E-state index contributed by atoms with van der Waals surface area (Å²) in [4.78, 5) is 7.24. The second-order valence-corrected chi connectivity index (χ2v) is 6.52. The molecule has 0 radical (unpaired) electrons. The van der Waals surface area contributed by atoms with E-state index < -0.39 is 0 Å². The van der Waals surface area contributed by atoms with Crippen molar-refractivity contribution in [2.75, 3.05) is 26.2 Å². The molecule has 1 aromatic rings. The fourth-order valence-electron chi connectivity index (χ4n) is 3.07. The van der Waals surface area contributed by atoms with Gasteiger partial charge in [-0.15, -0.1) is 0 Å². The Balaban J connectivity index is 1.48. The molecule has 2 N–H and O–H groups in total. The SMILES string of the molecule is CCNC(=NCCN1CCc2ccccc2C1)NC1CC1C. The van der Waals surface area contributed by atoms with Crippen molar-refractivity contribution < 1.29 is 0 Å². The number of nitrogens with zero attached hydrogens (tertiary/aromatic N) is 2. The first-order valence-electron chi connectivity index (χ1n) is 8.60. The van der Waals surface area contributed by atoms with Gasteiger partial charge in [0.1, 0.15) is 0 Å². The van der Waals surface area contributed by atoms with Crippen molar-refractivity contribution in [2.24, 2.45) is 10.9 Å². The lowest BCUT2D eigenvalue weighted by atomic mass is 10.0. The van der Waals surface area contributed by atoms with Crippen molar-refractivity contribution >= 4 is 5.96 Å². The predicted molar refractivity (Wildman–Crippen MR) is 92.1 cm³/mol. The summed E-state index contributed by atoms with van der Waals surface area (Å²) in [5.41, 5.74) is 2.99. The molecule has 0 saturated heterocycles. The van der Waals surface area contributed by atoms with E-state index >= 15 is 0 Å². The van der Waals surface area contributed by atoms with Crippen LogP contribution in [0.4, 0.5) is 0 Å². The van der Waals surface area contributed by atoms with Gasteiger partial charge >= 0.3 is 0 Å². The lowest BCUT2D eigenvalue weighted by Crippen LogP contribution is -2.40. The zero-order valence-corrected chi connectivity index (χ0v) is 13.8. The van der Waals surface area contributed by atoms with Crippen LogP contribution in [0.5, 0.6) is 0 Å². The van der Waals surface area contributed by atoms with Gasteiger partial charge in [-0.2, -0.15) is 0 Å². The van der Waals surface area contributed by atoms with Gasteiger partial charge in [0.25, 0.3) is 0 Å². The Labute approximate surface area is 134 Å². The van der Waals surface area contributed by atoms with Crippen molar-refractivity contribution in [3.8, 4) is 0 Å². The van der Waals surface area contributed by atoms with E-state index in [0.29, 0.717) is 6.04 Å². The topological polar surface area (TPSA) is 39.7 Å². The summed E-state index contributed by atoms with van der Waals surface area (Å²) in [5.74, 6) is 1.77. The first-order valence-corrected chi connectivity index (χ1v) is 8.60. The van der Waals surface area contributed by atoms with Gasteiger partial charge in [0.05, 0.1) is 6.54 Å². The number of hydrogen-bond donors (Lipinski definition) is 2. The lowest BCUT2D eigenvalue weighted by molar-refractivity contribution is 0.261. The molecule has 1 heterocycles. The number of benzene rings is 1. The van der Waals surface area contributed by atoms with Gasteiger partial charge in [0.2, 0.25) is 0 Å². The van der Waals surface area contributed by atoms with Gasteiger partial charge < -0.3 is 10.6 Å². The summed E-state index contributed by atoms with van der Waals surface area (Å²) in [7, 11) is 0. The Morgan fingerprint density at radius 3 is 2.82 bits per heavy atom. The van der Waals surface area contributed by atoms with Crippen molar-refractivity contribution in [2.45, 2.75) is 39.3 Å². The zero-order chi connectivity index (χ0) is 15.4. The van der Waals surface area contributed by atoms with Crippen LogP contribution in [0.3, 0.4) is 0 Å². The van der Waals surface area contributed by atoms with Crippen molar-refractivity contribution in [1.29, 1.82) is 0 Å². The molecule has 0 bridgehead atoms. The van der Waals surface area contributed by atoms with E-state index in [4.69, 9.17) is 4.99 Å². The van der Waals surface area contributed by atoms with Crippen LogP contribution in [0.25, 0.3) is 0 Å². The van der Waals surface area contributed by atoms with Gasteiger partial charge in [0.15, 0.2) is 5.96 Å². The normalized spacial score (nSPS) is 24.7. The predicted octanol–water partition coefficient (Wildman–Crippen LogP) is 2.01. The van der Waals surface area contributed by atoms with E-state index in [1.807, 2.05) is 0 Å². The van der Waals surface area contributed by atoms with E-state index in [0.717, 1.165) is 51.0 Å². The third kappa shape index (κ3) is 4.01. The highest BCUT2D eigenvalue weighted by Crippen LogP contribution is 2.28. The number of guanidine groups is 1. The first kappa shape index (κ1) is 15.3. The average molecular weight is 300 g/mol. The van der Waals surface area contributed by atoms with Crippen molar-refractivity contribution in [3.63, 3.8) is 0 Å². The second-order valence-electron chi connectivity index (χ2n) is 6.52. The van der Waals surface area contributed by atoms with Crippen LogP contribution in [0, 0.1) is 5.92 Å². The zero-order valence-electron chi connectivity index (χ0n) is 13.8. The van der Waals surface area contributed by atoms with Gasteiger partial charge in [-0.3, -0.25) is 9.89 Å². The molecule has 1 fully saturated rings. The molecule has 4 heteroatoms. The third-order valence-corrected chi connectivity index (χ3v) is 4.67. The molecular weight excluding hydrogens is 272 g/mol. The molecule has 4 nitrogen and oxygen atoms in total. The Kier molecular flexibility index (Phi) is 4.98. The maximum absolute atomic E-state index is 4.73. The van der Waals surface area contributed by atoms with Gasteiger partial charge in [0, 0.05) is 32.2 Å². The lowest BCUT2D eigenvalue weighted by Gasteiger charge is -2.28. The monoisotopic (exact) mass is 300 g/mol. The number of nitrogens with one attached hydrogen (secondary N) is 2. The van der Waals surface area contributed by atoms with Crippen LogP contribution in [0.1, 0.15) is 31.4 Å². The molecule has 120 valence electrons. The second kappa shape index (κ2) is 7.14.